The van der Waals surface area contributed by atoms with Crippen LogP contribution in [0, 0.1) is 0 Å². The molecule has 6 heteroatoms. The number of carbonyl (C=O) groups excluding carboxylic acids is 1. The number of rotatable bonds is 4. The fourth-order valence-corrected chi connectivity index (χ4v) is 1.55. The molecule has 0 saturated heterocycles. The van der Waals surface area contributed by atoms with Crippen LogP contribution in [0.1, 0.15) is 10.5 Å². The Morgan fingerprint density at radius 3 is 2.75 bits per heavy atom. The number of nitrogens with zero attached hydrogens (tertiary/aromatic N) is 3. The zero-order valence-corrected chi connectivity index (χ0v) is 11.5. The molecule has 1 aromatic carbocycles. The van der Waals surface area contributed by atoms with Gasteiger partial charge in [-0.25, -0.2) is 9.78 Å². The summed E-state index contributed by atoms with van der Waals surface area (Å²) >= 11 is 0. The molecule has 0 unspecified atom stereocenters. The maximum absolute atomic E-state index is 11.4. The molecule has 0 aliphatic carbocycles. The summed E-state index contributed by atoms with van der Waals surface area (Å²) in [5.41, 5.74) is 1.10. The number of hydrogen-bond donors (Lipinski definition) is 0. The summed E-state index contributed by atoms with van der Waals surface area (Å²) < 4.78 is 10.2. The molecule has 0 aliphatic rings. The summed E-state index contributed by atoms with van der Waals surface area (Å²) in [5.74, 6) is 0.307. The van der Waals surface area contributed by atoms with Crippen LogP contribution in [0.15, 0.2) is 36.7 Å². The van der Waals surface area contributed by atoms with Crippen LogP contribution in [0.3, 0.4) is 0 Å². The van der Waals surface area contributed by atoms with Crippen LogP contribution in [0.4, 0.5) is 5.69 Å². The van der Waals surface area contributed by atoms with Crippen molar-refractivity contribution in [2.24, 2.45) is 0 Å². The van der Waals surface area contributed by atoms with Crippen LogP contribution in [0.25, 0.3) is 0 Å². The smallest absolute Gasteiger partial charge is 0.358 e. The van der Waals surface area contributed by atoms with Crippen LogP contribution in [-0.2, 0) is 4.74 Å². The molecule has 0 saturated carbocycles. The van der Waals surface area contributed by atoms with E-state index in [2.05, 4.69) is 14.7 Å². The predicted molar refractivity (Wildman–Crippen MR) is 74.2 cm³/mol. The molecule has 0 spiro atoms. The van der Waals surface area contributed by atoms with E-state index in [1.807, 2.05) is 37.2 Å². The van der Waals surface area contributed by atoms with Crippen LogP contribution >= 0.6 is 0 Å². The van der Waals surface area contributed by atoms with Gasteiger partial charge >= 0.3 is 5.97 Å². The first-order valence-electron chi connectivity index (χ1n) is 5.96. The lowest BCUT2D eigenvalue weighted by Gasteiger charge is -2.13. The number of anilines is 1. The molecular weight excluding hydrogens is 258 g/mol. The summed E-state index contributed by atoms with van der Waals surface area (Å²) in [5, 5.41) is 0. The fraction of sp³-hybridized carbons (Fsp3) is 0.214. The quantitative estimate of drug-likeness (QED) is 0.795. The van der Waals surface area contributed by atoms with Crippen molar-refractivity contribution in [3.8, 4) is 11.6 Å². The molecule has 2 aromatic rings. The van der Waals surface area contributed by atoms with Crippen molar-refractivity contribution >= 4 is 11.7 Å². The summed E-state index contributed by atoms with van der Waals surface area (Å²) in [6.07, 6.45) is 2.77. The van der Waals surface area contributed by atoms with Gasteiger partial charge in [-0.2, -0.15) is 0 Å². The van der Waals surface area contributed by atoms with Crippen LogP contribution in [0.5, 0.6) is 11.6 Å². The van der Waals surface area contributed by atoms with E-state index >= 15 is 0 Å². The van der Waals surface area contributed by atoms with Gasteiger partial charge in [-0.15, -0.1) is 0 Å². The van der Waals surface area contributed by atoms with Crippen molar-refractivity contribution in [1.29, 1.82) is 0 Å². The fourth-order valence-electron chi connectivity index (χ4n) is 1.55. The van der Waals surface area contributed by atoms with E-state index in [0.29, 0.717) is 5.75 Å². The lowest BCUT2D eigenvalue weighted by molar-refractivity contribution is 0.0592. The van der Waals surface area contributed by atoms with Crippen molar-refractivity contribution in [2.45, 2.75) is 0 Å². The van der Waals surface area contributed by atoms with E-state index in [1.54, 1.807) is 6.07 Å². The van der Waals surface area contributed by atoms with E-state index in [0.717, 1.165) is 5.69 Å². The summed E-state index contributed by atoms with van der Waals surface area (Å²) in [6.45, 7) is 0. The minimum Gasteiger partial charge on any atom is -0.464 e. The normalized spacial score (nSPS) is 9.95. The van der Waals surface area contributed by atoms with E-state index in [9.17, 15) is 4.79 Å². The van der Waals surface area contributed by atoms with Gasteiger partial charge in [0, 0.05) is 25.8 Å². The zero-order valence-electron chi connectivity index (χ0n) is 11.5. The standard InChI is InChI=1S/C14H15N3O3/c1-17(2)10-5-4-6-11(7-10)20-13-9-15-8-12(16-13)14(18)19-3/h4-9H,1-3H3. The lowest BCUT2D eigenvalue weighted by Crippen LogP contribution is -2.08. The Kier molecular flexibility index (Phi) is 4.14. The van der Waals surface area contributed by atoms with Gasteiger partial charge in [0.2, 0.25) is 5.88 Å². The van der Waals surface area contributed by atoms with Gasteiger partial charge < -0.3 is 14.4 Å². The molecule has 104 valence electrons. The Morgan fingerprint density at radius 1 is 1.25 bits per heavy atom. The topological polar surface area (TPSA) is 64.6 Å². The zero-order chi connectivity index (χ0) is 14.5. The molecule has 0 bridgehead atoms. The van der Waals surface area contributed by atoms with Crippen molar-refractivity contribution < 1.29 is 14.3 Å². The number of hydrogen-bond acceptors (Lipinski definition) is 6. The molecule has 0 radical (unpaired) electrons. The highest BCUT2D eigenvalue weighted by Gasteiger charge is 2.10. The minimum atomic E-state index is -0.551. The van der Waals surface area contributed by atoms with Gasteiger partial charge in [-0.1, -0.05) is 6.07 Å². The monoisotopic (exact) mass is 273 g/mol. The molecule has 6 nitrogen and oxygen atoms in total. The van der Waals surface area contributed by atoms with Gasteiger partial charge in [0.1, 0.15) is 5.75 Å². The van der Waals surface area contributed by atoms with Crippen LogP contribution in [0.2, 0.25) is 0 Å². The van der Waals surface area contributed by atoms with E-state index in [-0.39, 0.29) is 11.6 Å². The van der Waals surface area contributed by atoms with Gasteiger partial charge in [-0.3, -0.25) is 4.98 Å². The van der Waals surface area contributed by atoms with E-state index < -0.39 is 5.97 Å². The number of carbonyl (C=O) groups is 1. The summed E-state index contributed by atoms with van der Waals surface area (Å²) in [7, 11) is 5.17. The van der Waals surface area contributed by atoms with E-state index in [4.69, 9.17) is 4.74 Å². The molecule has 20 heavy (non-hydrogen) atoms. The molecule has 0 atom stereocenters. The largest absolute Gasteiger partial charge is 0.464 e. The average Bonchev–Trinajstić information content (AvgIpc) is 2.47. The number of methoxy groups -OCH3 is 1. The molecule has 0 fully saturated rings. The Hall–Kier alpha value is -2.63. The van der Waals surface area contributed by atoms with E-state index in [1.165, 1.54) is 19.5 Å². The van der Waals surface area contributed by atoms with Gasteiger partial charge in [0.15, 0.2) is 5.69 Å². The number of esters is 1. The number of aromatic nitrogens is 2. The predicted octanol–water partition coefficient (Wildman–Crippen LogP) is 2.12. The molecule has 1 aromatic heterocycles. The Bertz CT molecular complexity index is 614. The summed E-state index contributed by atoms with van der Waals surface area (Å²) in [6, 6.07) is 7.51. The van der Waals surface area contributed by atoms with Gasteiger partial charge in [-0.05, 0) is 12.1 Å². The first kappa shape index (κ1) is 13.8. The second-order valence-electron chi connectivity index (χ2n) is 4.23. The van der Waals surface area contributed by atoms with Crippen molar-refractivity contribution in [2.75, 3.05) is 26.1 Å². The molecular formula is C14H15N3O3. The lowest BCUT2D eigenvalue weighted by atomic mass is 10.3. The second-order valence-corrected chi connectivity index (χ2v) is 4.23. The highest BCUT2D eigenvalue weighted by Crippen LogP contribution is 2.23. The Labute approximate surface area is 117 Å². The van der Waals surface area contributed by atoms with Crippen LogP contribution in [-0.4, -0.2) is 37.1 Å². The average molecular weight is 273 g/mol. The third kappa shape index (κ3) is 3.23. The van der Waals surface area contributed by atoms with Crippen LogP contribution < -0.4 is 9.64 Å². The SMILES string of the molecule is COC(=O)c1cncc(Oc2cccc(N(C)C)c2)n1. The third-order valence-electron chi connectivity index (χ3n) is 2.56. The first-order chi connectivity index (χ1) is 9.60. The Balaban J connectivity index is 2.21. The maximum Gasteiger partial charge on any atom is 0.358 e. The molecule has 2 rings (SSSR count). The molecule has 1 heterocycles. The van der Waals surface area contributed by atoms with Crippen molar-refractivity contribution in [1.82, 2.24) is 9.97 Å². The highest BCUT2D eigenvalue weighted by molar-refractivity contribution is 5.86. The maximum atomic E-state index is 11.4. The first-order valence-corrected chi connectivity index (χ1v) is 5.96. The minimum absolute atomic E-state index is 0.105. The summed E-state index contributed by atoms with van der Waals surface area (Å²) in [4.78, 5) is 21.3. The second kappa shape index (κ2) is 6.01. The third-order valence-corrected chi connectivity index (χ3v) is 2.56. The van der Waals surface area contributed by atoms with Gasteiger partial charge in [0.05, 0.1) is 19.5 Å². The van der Waals surface area contributed by atoms with Gasteiger partial charge in [0.25, 0.3) is 0 Å². The molecule has 0 amide bonds. The van der Waals surface area contributed by atoms with Crippen molar-refractivity contribution in [3.63, 3.8) is 0 Å². The number of benzene rings is 1. The highest BCUT2D eigenvalue weighted by atomic mass is 16.5. The molecule has 0 aliphatic heterocycles. The van der Waals surface area contributed by atoms with Crippen molar-refractivity contribution in [3.05, 3.63) is 42.4 Å². The Morgan fingerprint density at radius 2 is 2.05 bits per heavy atom. The number of ether oxygens (including phenoxy) is 2. The molecule has 0 N–H and O–H groups in total.